The lowest BCUT2D eigenvalue weighted by molar-refractivity contribution is 1.17. The molecular weight excluding hydrogens is 1390 g/mol. The molecule has 21 rings (SSSR count). The van der Waals surface area contributed by atoms with Crippen molar-refractivity contribution in [3.8, 4) is 135 Å². The van der Waals surface area contributed by atoms with Crippen LogP contribution in [0.2, 0.25) is 0 Å². The molecule has 6 heterocycles. The smallest absolute Gasteiger partial charge is 0.160 e. The minimum absolute atomic E-state index is 0.680. The lowest BCUT2D eigenvalue weighted by Gasteiger charge is -2.11. The zero-order valence-corrected chi connectivity index (χ0v) is 61.7. The fourth-order valence-electron chi connectivity index (χ4n) is 14.6. The van der Waals surface area contributed by atoms with Crippen molar-refractivity contribution in [2.75, 3.05) is 0 Å². The first-order valence-corrected chi connectivity index (χ1v) is 37.9. The molecule has 534 valence electrons. The number of benzene rings is 15. The highest BCUT2D eigenvalue weighted by molar-refractivity contribution is 5.94. The lowest BCUT2D eigenvalue weighted by atomic mass is 10.0. The van der Waals surface area contributed by atoms with E-state index in [1.807, 2.05) is 79.3 Å². The molecule has 114 heavy (non-hydrogen) atoms. The zero-order chi connectivity index (χ0) is 75.9. The number of nitrogens with zero attached hydrogens (tertiary/aromatic N) is 10. The van der Waals surface area contributed by atoms with Crippen LogP contribution in [0.15, 0.2) is 413 Å². The predicted molar refractivity (Wildman–Crippen MR) is 468 cm³/mol. The highest BCUT2D eigenvalue weighted by atomic mass is 14.9. The number of hydrogen-bond acceptors (Lipinski definition) is 10. The summed E-state index contributed by atoms with van der Waals surface area (Å²) >= 11 is 0. The molecule has 10 heteroatoms. The molecule has 0 aliphatic heterocycles. The van der Waals surface area contributed by atoms with E-state index in [2.05, 4.69) is 341 Å². The first-order chi connectivity index (χ1) is 56.4. The molecule has 0 spiro atoms. The van der Waals surface area contributed by atoms with E-state index in [-0.39, 0.29) is 0 Å². The largest absolute Gasteiger partial charge is 0.265 e. The Balaban J connectivity index is 0.000000115. The van der Waals surface area contributed by atoms with Crippen molar-refractivity contribution >= 4 is 64.6 Å². The maximum Gasteiger partial charge on any atom is 0.160 e. The molecule has 0 unspecified atom stereocenters. The first-order valence-electron chi connectivity index (χ1n) is 37.9. The maximum atomic E-state index is 5.08. The van der Waals surface area contributed by atoms with Gasteiger partial charge in [-0.1, -0.05) is 291 Å². The van der Waals surface area contributed by atoms with Gasteiger partial charge >= 0.3 is 0 Å². The number of rotatable bonds is 12. The second-order valence-electron chi connectivity index (χ2n) is 28.0. The third-order valence-electron chi connectivity index (χ3n) is 20.7. The molecule has 21 aromatic rings. The number of hydrogen-bond donors (Lipinski definition) is 0. The van der Waals surface area contributed by atoms with Gasteiger partial charge in [-0.2, -0.15) is 0 Å². The maximum absolute atomic E-state index is 5.08. The van der Waals surface area contributed by atoms with Crippen LogP contribution in [0, 0.1) is 0 Å². The van der Waals surface area contributed by atoms with Gasteiger partial charge in [0.2, 0.25) is 0 Å². The van der Waals surface area contributed by atoms with E-state index < -0.39 is 0 Å². The Labute approximate surface area is 659 Å². The van der Waals surface area contributed by atoms with Crippen LogP contribution in [0.3, 0.4) is 0 Å². The SMILES string of the molecule is c1cc(-c2ccncc2)cc(-c2nc(-c3ccc4ccccc4c3)cc(-c3ccc4ccccc4c3)n2)c1.c1ccc(-c2ccc(-c3nc(-c4ccc5ccccc5c4)cc(-c4ccc5ccccc5c4)n3)cc2)nc1.c1cnc(-c2ccc(-c3nc(-c4ccc5ccccc5c4)cc(-c4ccc5ccccc5c4)n3)cc2)nc1. The van der Waals surface area contributed by atoms with Crippen LogP contribution in [-0.2, 0) is 0 Å². The first kappa shape index (κ1) is 69.0. The van der Waals surface area contributed by atoms with E-state index in [1.165, 1.54) is 64.6 Å². The van der Waals surface area contributed by atoms with Crippen LogP contribution in [0.1, 0.15) is 0 Å². The quantitative estimate of drug-likeness (QED) is 0.117. The molecule has 15 aromatic carbocycles. The summed E-state index contributed by atoms with van der Waals surface area (Å²) in [4.78, 5) is 47.7. The summed E-state index contributed by atoms with van der Waals surface area (Å²) in [7, 11) is 0. The highest BCUT2D eigenvalue weighted by Crippen LogP contribution is 2.37. The Kier molecular flexibility index (Phi) is 18.9. The summed E-state index contributed by atoms with van der Waals surface area (Å²) in [6.45, 7) is 0. The standard InChI is InChI=1S/2C35H23N3.C34H22N4/c1-3-9-28-21-30(18-12-24(28)7-1)33-23-34(31-19-13-25-8-2-4-10-29(25)22-31)38-35(37-33)27-16-14-26(15-17-27)32-11-5-6-20-36-32;1-3-8-27-20-30(14-12-24(27)6-1)33-23-34(31-15-13-25-7-2-4-9-28(25)21-31)38-35(37-33)32-11-5-10-29(22-32)26-16-18-36-19-17-26;1-3-8-27-20-29(16-10-23(27)6-1)31-22-32(30-17-11-24-7-2-4-9-28(24)21-30)38-34(37-31)26-14-12-25(13-15-26)33-35-18-5-19-36-33/h2*1-23H;1-22H. The normalized spacial score (nSPS) is 11.2. The molecular formula is C104H68N10. The summed E-state index contributed by atoms with van der Waals surface area (Å²) in [6.07, 6.45) is 8.95. The second kappa shape index (κ2) is 31.2. The van der Waals surface area contributed by atoms with Gasteiger partial charge in [0.05, 0.1) is 39.9 Å². The van der Waals surface area contributed by atoms with Crippen LogP contribution >= 0.6 is 0 Å². The van der Waals surface area contributed by atoms with E-state index in [0.29, 0.717) is 23.3 Å². The predicted octanol–water partition coefficient (Wildman–Crippen LogP) is 25.9. The van der Waals surface area contributed by atoms with Gasteiger partial charge in [-0.05, 0) is 167 Å². The second-order valence-corrected chi connectivity index (χ2v) is 28.0. The molecule has 0 aliphatic rings. The van der Waals surface area contributed by atoms with Crippen molar-refractivity contribution in [1.29, 1.82) is 0 Å². The van der Waals surface area contributed by atoms with Gasteiger partial charge in [0.1, 0.15) is 0 Å². The minimum atomic E-state index is 0.680. The third kappa shape index (κ3) is 15.0. The van der Waals surface area contributed by atoms with Gasteiger partial charge in [0.25, 0.3) is 0 Å². The highest BCUT2D eigenvalue weighted by Gasteiger charge is 2.18. The van der Waals surface area contributed by atoms with Gasteiger partial charge < -0.3 is 0 Å². The van der Waals surface area contributed by atoms with E-state index in [4.69, 9.17) is 29.9 Å². The van der Waals surface area contributed by atoms with Gasteiger partial charge in [-0.15, -0.1) is 0 Å². The molecule has 0 saturated heterocycles. The summed E-state index contributed by atoms with van der Waals surface area (Å²) in [5, 5.41) is 14.4. The van der Waals surface area contributed by atoms with Crippen molar-refractivity contribution < 1.29 is 0 Å². The zero-order valence-electron chi connectivity index (χ0n) is 61.7. The Hall–Kier alpha value is -15.5. The van der Waals surface area contributed by atoms with Crippen molar-refractivity contribution in [1.82, 2.24) is 49.8 Å². The summed E-state index contributed by atoms with van der Waals surface area (Å²) in [5.41, 5.74) is 19.8. The molecule has 0 bridgehead atoms. The van der Waals surface area contributed by atoms with Crippen molar-refractivity contribution in [2.24, 2.45) is 0 Å². The molecule has 0 aliphatic carbocycles. The molecule has 0 amide bonds. The summed E-state index contributed by atoms with van der Waals surface area (Å²) in [5.74, 6) is 2.78. The van der Waals surface area contributed by atoms with E-state index in [1.54, 1.807) is 12.4 Å². The average Bonchev–Trinajstić information content (AvgIpc) is 0.788. The Morgan fingerprint density at radius 3 is 0.719 bits per heavy atom. The Morgan fingerprint density at radius 1 is 0.123 bits per heavy atom. The van der Waals surface area contributed by atoms with E-state index >= 15 is 0 Å². The number of aromatic nitrogens is 10. The lowest BCUT2D eigenvalue weighted by Crippen LogP contribution is -1.96. The van der Waals surface area contributed by atoms with Gasteiger partial charge in [0.15, 0.2) is 23.3 Å². The van der Waals surface area contributed by atoms with Crippen molar-refractivity contribution in [2.45, 2.75) is 0 Å². The van der Waals surface area contributed by atoms with Crippen molar-refractivity contribution in [3.05, 3.63) is 413 Å². The van der Waals surface area contributed by atoms with Gasteiger partial charge in [0, 0.05) is 92.2 Å². The molecule has 0 atom stereocenters. The molecule has 0 saturated carbocycles. The Bertz CT molecular complexity index is 6520. The average molecular weight is 1460 g/mol. The third-order valence-corrected chi connectivity index (χ3v) is 20.7. The van der Waals surface area contributed by atoms with Crippen molar-refractivity contribution in [3.63, 3.8) is 0 Å². The Morgan fingerprint density at radius 2 is 0.395 bits per heavy atom. The van der Waals surface area contributed by atoms with Crippen LogP contribution in [0.4, 0.5) is 0 Å². The molecule has 0 fully saturated rings. The molecule has 10 nitrogen and oxygen atoms in total. The monoisotopic (exact) mass is 1460 g/mol. The van der Waals surface area contributed by atoms with Crippen LogP contribution < -0.4 is 0 Å². The molecule has 0 radical (unpaired) electrons. The van der Waals surface area contributed by atoms with Gasteiger partial charge in [-0.3, -0.25) is 9.97 Å². The fraction of sp³-hybridized carbons (Fsp3) is 0. The molecule has 0 N–H and O–H groups in total. The van der Waals surface area contributed by atoms with E-state index in [0.717, 1.165) is 112 Å². The van der Waals surface area contributed by atoms with E-state index in [9.17, 15) is 0 Å². The fourth-order valence-corrected chi connectivity index (χ4v) is 14.6. The summed E-state index contributed by atoms with van der Waals surface area (Å²) < 4.78 is 0. The topological polar surface area (TPSA) is 129 Å². The minimum Gasteiger partial charge on any atom is -0.265 e. The van der Waals surface area contributed by atoms with Gasteiger partial charge in [-0.25, -0.2) is 39.9 Å². The molecule has 6 aromatic heterocycles. The summed E-state index contributed by atoms with van der Waals surface area (Å²) in [6, 6.07) is 132. The number of pyridine rings is 2. The van der Waals surface area contributed by atoms with Crippen LogP contribution in [-0.4, -0.2) is 49.8 Å². The van der Waals surface area contributed by atoms with Crippen LogP contribution in [0.25, 0.3) is 200 Å². The number of fused-ring (bicyclic) bond motifs is 6. The van der Waals surface area contributed by atoms with Crippen LogP contribution in [0.5, 0.6) is 0 Å².